The van der Waals surface area contributed by atoms with Crippen molar-refractivity contribution >= 4 is 16.9 Å². The van der Waals surface area contributed by atoms with Crippen LogP contribution in [-0.4, -0.2) is 21.6 Å². The molecule has 2 unspecified atom stereocenters. The fraction of sp³-hybridized carbons (Fsp3) is 0.200. The van der Waals surface area contributed by atoms with Crippen molar-refractivity contribution in [3.05, 3.63) is 95.8 Å². The predicted molar refractivity (Wildman–Crippen MR) is 118 cm³/mol. The standard InChI is InChI=1S/C25H25N3O2/c1-17-10-9-13-20(16-17)30-18(2)25(29)27-23(19-11-5-4-6-12-19)24-26-21-14-7-8-15-22(21)28(24)3/h4-16,18,23H,1-3H3,(H,27,29). The van der Waals surface area contributed by atoms with Gasteiger partial charge in [0.05, 0.1) is 11.0 Å². The van der Waals surface area contributed by atoms with Crippen molar-refractivity contribution in [2.75, 3.05) is 0 Å². The minimum Gasteiger partial charge on any atom is -0.481 e. The number of aromatic nitrogens is 2. The quantitative estimate of drug-likeness (QED) is 0.517. The van der Waals surface area contributed by atoms with E-state index in [4.69, 9.17) is 9.72 Å². The maximum Gasteiger partial charge on any atom is 0.261 e. The van der Waals surface area contributed by atoms with Crippen LogP contribution >= 0.6 is 0 Å². The van der Waals surface area contributed by atoms with Gasteiger partial charge in [-0.25, -0.2) is 4.98 Å². The van der Waals surface area contributed by atoms with Crippen LogP contribution in [0.4, 0.5) is 0 Å². The Morgan fingerprint density at radius 1 is 1.00 bits per heavy atom. The molecule has 3 aromatic carbocycles. The smallest absolute Gasteiger partial charge is 0.261 e. The Morgan fingerprint density at radius 2 is 1.73 bits per heavy atom. The first-order valence-corrected chi connectivity index (χ1v) is 10.0. The van der Waals surface area contributed by atoms with Crippen LogP contribution in [0.25, 0.3) is 11.0 Å². The van der Waals surface area contributed by atoms with Crippen LogP contribution in [0.5, 0.6) is 5.75 Å². The van der Waals surface area contributed by atoms with Gasteiger partial charge in [-0.1, -0.05) is 54.6 Å². The SMILES string of the molecule is Cc1cccc(OC(C)C(=O)NC(c2ccccc2)c2nc3ccccc3n2C)c1. The molecule has 0 spiro atoms. The number of para-hydroxylation sites is 2. The molecule has 4 rings (SSSR count). The summed E-state index contributed by atoms with van der Waals surface area (Å²) >= 11 is 0. The molecule has 0 aliphatic carbocycles. The van der Waals surface area contributed by atoms with E-state index in [1.807, 2.05) is 97.4 Å². The zero-order valence-corrected chi connectivity index (χ0v) is 17.4. The van der Waals surface area contributed by atoms with Crippen LogP contribution in [0.15, 0.2) is 78.9 Å². The van der Waals surface area contributed by atoms with Crippen molar-refractivity contribution in [1.29, 1.82) is 0 Å². The monoisotopic (exact) mass is 399 g/mol. The van der Waals surface area contributed by atoms with Gasteiger partial charge in [-0.2, -0.15) is 0 Å². The molecule has 2 atom stereocenters. The van der Waals surface area contributed by atoms with E-state index in [1.165, 1.54) is 0 Å². The maximum absolute atomic E-state index is 13.0. The number of carbonyl (C=O) groups is 1. The van der Waals surface area contributed by atoms with E-state index in [0.717, 1.165) is 28.0 Å². The van der Waals surface area contributed by atoms with Crippen molar-refractivity contribution in [3.63, 3.8) is 0 Å². The third-order valence-electron chi connectivity index (χ3n) is 5.17. The van der Waals surface area contributed by atoms with Gasteiger partial charge in [0.15, 0.2) is 6.10 Å². The van der Waals surface area contributed by atoms with Crippen molar-refractivity contribution in [1.82, 2.24) is 14.9 Å². The van der Waals surface area contributed by atoms with Gasteiger partial charge >= 0.3 is 0 Å². The fourth-order valence-electron chi connectivity index (χ4n) is 3.57. The van der Waals surface area contributed by atoms with Crippen molar-refractivity contribution in [2.24, 2.45) is 7.05 Å². The molecule has 5 heteroatoms. The van der Waals surface area contributed by atoms with Crippen LogP contribution in [-0.2, 0) is 11.8 Å². The molecule has 30 heavy (non-hydrogen) atoms. The molecule has 0 bridgehead atoms. The van der Waals surface area contributed by atoms with Gasteiger partial charge in [-0.3, -0.25) is 4.79 Å². The molecule has 1 amide bonds. The van der Waals surface area contributed by atoms with Crippen LogP contribution in [0, 0.1) is 6.92 Å². The molecule has 4 aromatic rings. The van der Waals surface area contributed by atoms with E-state index in [2.05, 4.69) is 5.32 Å². The van der Waals surface area contributed by atoms with E-state index >= 15 is 0 Å². The number of ether oxygens (including phenoxy) is 1. The molecular weight excluding hydrogens is 374 g/mol. The maximum atomic E-state index is 13.0. The first kappa shape index (κ1) is 19.7. The second-order valence-corrected chi connectivity index (χ2v) is 7.45. The number of aryl methyl sites for hydroxylation is 2. The number of rotatable bonds is 6. The van der Waals surface area contributed by atoms with Gasteiger partial charge in [-0.05, 0) is 49.2 Å². The van der Waals surface area contributed by atoms with Crippen molar-refractivity contribution < 1.29 is 9.53 Å². The van der Waals surface area contributed by atoms with Crippen molar-refractivity contribution in [2.45, 2.75) is 26.0 Å². The summed E-state index contributed by atoms with van der Waals surface area (Å²) in [5.74, 6) is 1.26. The molecule has 1 aromatic heterocycles. The van der Waals surface area contributed by atoms with Gasteiger partial charge < -0.3 is 14.6 Å². The third-order valence-corrected chi connectivity index (χ3v) is 5.17. The molecule has 1 heterocycles. The molecule has 0 radical (unpaired) electrons. The number of benzene rings is 3. The summed E-state index contributed by atoms with van der Waals surface area (Å²) in [7, 11) is 1.97. The fourth-order valence-corrected chi connectivity index (χ4v) is 3.57. The van der Waals surface area contributed by atoms with Gasteiger partial charge in [0, 0.05) is 7.05 Å². The van der Waals surface area contributed by atoms with Crippen molar-refractivity contribution in [3.8, 4) is 5.75 Å². The van der Waals surface area contributed by atoms with Gasteiger partial charge in [0.25, 0.3) is 5.91 Å². The minimum absolute atomic E-state index is 0.197. The summed E-state index contributed by atoms with van der Waals surface area (Å²) in [4.78, 5) is 17.8. The van der Waals surface area contributed by atoms with Gasteiger partial charge in [0.2, 0.25) is 0 Å². The van der Waals surface area contributed by atoms with E-state index in [-0.39, 0.29) is 11.9 Å². The van der Waals surface area contributed by atoms with E-state index < -0.39 is 6.10 Å². The van der Waals surface area contributed by atoms with Gasteiger partial charge in [-0.15, -0.1) is 0 Å². The highest BCUT2D eigenvalue weighted by Crippen LogP contribution is 2.25. The highest BCUT2D eigenvalue weighted by molar-refractivity contribution is 5.82. The highest BCUT2D eigenvalue weighted by Gasteiger charge is 2.25. The number of imidazole rings is 1. The number of nitrogens with zero attached hydrogens (tertiary/aromatic N) is 2. The molecule has 0 saturated heterocycles. The second kappa shape index (κ2) is 8.41. The molecular formula is C25H25N3O2. The lowest BCUT2D eigenvalue weighted by Gasteiger charge is -2.22. The Hall–Kier alpha value is -3.60. The molecule has 0 saturated carbocycles. The molecule has 0 aliphatic heterocycles. The summed E-state index contributed by atoms with van der Waals surface area (Å²) in [6.45, 7) is 3.75. The molecule has 0 fully saturated rings. The third kappa shape index (κ3) is 4.06. The number of hydrogen-bond donors (Lipinski definition) is 1. The van der Waals surface area contributed by atoms with Crippen LogP contribution in [0.3, 0.4) is 0 Å². The number of hydrogen-bond acceptors (Lipinski definition) is 3. The zero-order chi connectivity index (χ0) is 21.1. The predicted octanol–water partition coefficient (Wildman–Crippen LogP) is 4.55. The first-order chi connectivity index (χ1) is 14.5. The number of carbonyl (C=O) groups excluding carboxylic acids is 1. The Labute approximate surface area is 176 Å². The Morgan fingerprint density at radius 3 is 2.47 bits per heavy atom. The summed E-state index contributed by atoms with van der Waals surface area (Å²) in [5.41, 5.74) is 3.97. The van der Waals surface area contributed by atoms with Gasteiger partial charge in [0.1, 0.15) is 17.6 Å². The average molecular weight is 399 g/mol. The number of amides is 1. The van der Waals surface area contributed by atoms with E-state index in [1.54, 1.807) is 6.92 Å². The number of fused-ring (bicyclic) bond motifs is 1. The lowest BCUT2D eigenvalue weighted by atomic mass is 10.1. The first-order valence-electron chi connectivity index (χ1n) is 10.0. The lowest BCUT2D eigenvalue weighted by molar-refractivity contribution is -0.127. The second-order valence-electron chi connectivity index (χ2n) is 7.45. The van der Waals surface area contributed by atoms with Crippen LogP contribution in [0.2, 0.25) is 0 Å². The van der Waals surface area contributed by atoms with E-state index in [0.29, 0.717) is 5.75 Å². The summed E-state index contributed by atoms with van der Waals surface area (Å²) in [6, 6.07) is 25.1. The average Bonchev–Trinajstić information content (AvgIpc) is 3.09. The Bertz CT molecular complexity index is 1170. The van der Waals surface area contributed by atoms with E-state index in [9.17, 15) is 4.79 Å². The summed E-state index contributed by atoms with van der Waals surface area (Å²) in [5, 5.41) is 3.14. The van der Waals surface area contributed by atoms with Crippen LogP contribution in [0.1, 0.15) is 29.9 Å². The summed E-state index contributed by atoms with van der Waals surface area (Å²) in [6.07, 6.45) is -0.646. The minimum atomic E-state index is -0.646. The summed E-state index contributed by atoms with van der Waals surface area (Å²) < 4.78 is 7.91. The zero-order valence-electron chi connectivity index (χ0n) is 17.4. The molecule has 0 aliphatic rings. The molecule has 152 valence electrons. The molecule has 1 N–H and O–H groups in total. The molecule has 5 nitrogen and oxygen atoms in total. The van der Waals surface area contributed by atoms with Crippen LogP contribution < -0.4 is 10.1 Å². The largest absolute Gasteiger partial charge is 0.481 e. The highest BCUT2D eigenvalue weighted by atomic mass is 16.5. The topological polar surface area (TPSA) is 56.1 Å². The Balaban J connectivity index is 1.63. The normalized spacial score (nSPS) is 13.0. The lowest BCUT2D eigenvalue weighted by Crippen LogP contribution is -2.39. The number of nitrogens with one attached hydrogen (secondary N) is 1. The Kier molecular flexibility index (Phi) is 5.53.